The molecule has 0 fully saturated rings. The molecule has 7 N–H and O–H groups in total. The summed E-state index contributed by atoms with van der Waals surface area (Å²) in [5.41, 5.74) is 6.32. The lowest BCUT2D eigenvalue weighted by Gasteiger charge is -2.23. The van der Waals surface area contributed by atoms with E-state index in [0.29, 0.717) is 0 Å². The van der Waals surface area contributed by atoms with Crippen LogP contribution in [0.2, 0.25) is 0 Å². The first-order valence-corrected chi connectivity index (χ1v) is 19.9. The number of carbonyl (C=O) groups excluding carboxylic acids is 10. The molecule has 59 heavy (non-hydrogen) atoms. The first-order chi connectivity index (χ1) is 27.7. The molecule has 0 aliphatic heterocycles. The molecule has 17 heteroatoms. The molecule has 0 spiro atoms. The third-order valence-electron chi connectivity index (χ3n) is 9.58. The van der Waals surface area contributed by atoms with Gasteiger partial charge in [-0.2, -0.15) is 0 Å². The second kappa shape index (κ2) is 27.3. The van der Waals surface area contributed by atoms with Crippen molar-refractivity contribution < 1.29 is 57.8 Å². The minimum Gasteiger partial charge on any atom is -0.480 e. The Hall–Kier alpha value is -5.45. The number of benzene rings is 1. The van der Waals surface area contributed by atoms with Gasteiger partial charge < -0.3 is 36.9 Å². The van der Waals surface area contributed by atoms with Crippen LogP contribution >= 0.6 is 0 Å². The van der Waals surface area contributed by atoms with Crippen LogP contribution in [-0.2, 0) is 59.2 Å². The van der Waals surface area contributed by atoms with Crippen LogP contribution in [0.3, 0.4) is 0 Å². The fourth-order valence-electron chi connectivity index (χ4n) is 6.15. The molecular weight excluding hydrogens is 766 g/mol. The van der Waals surface area contributed by atoms with E-state index in [1.165, 1.54) is 20.8 Å². The molecule has 0 bridgehead atoms. The molecule has 0 saturated carbocycles. The van der Waals surface area contributed by atoms with E-state index in [-0.39, 0.29) is 99.8 Å². The molecule has 326 valence electrons. The Bertz CT molecular complexity index is 1660. The predicted molar refractivity (Wildman–Crippen MR) is 215 cm³/mol. The van der Waals surface area contributed by atoms with E-state index < -0.39 is 90.5 Å². The van der Waals surface area contributed by atoms with Crippen molar-refractivity contribution in [1.29, 1.82) is 0 Å². The van der Waals surface area contributed by atoms with Gasteiger partial charge >= 0.3 is 5.97 Å². The monoisotopic (exact) mass is 827 g/mol. The maximum atomic E-state index is 13.4. The van der Waals surface area contributed by atoms with Crippen LogP contribution in [-0.4, -0.2) is 101 Å². The van der Waals surface area contributed by atoms with Gasteiger partial charge in [0.05, 0.1) is 25.2 Å². The van der Waals surface area contributed by atoms with Gasteiger partial charge in [-0.1, -0.05) is 44.2 Å². The van der Waals surface area contributed by atoms with Crippen LogP contribution in [0.1, 0.15) is 111 Å². The average Bonchev–Trinajstić information content (AvgIpc) is 3.16. The quantitative estimate of drug-likeness (QED) is 0.0620. The number of ketones is 6. The number of hydrogen-bond acceptors (Lipinski definition) is 12. The minimum absolute atomic E-state index is 0.0282. The standard InChI is InChI=1S/C42H61N5O12/c1-25(2)19-36(47-41(57)31(22-33(52)23-43)20-29-9-7-6-8-10-29)37(53)16-18-39(55)46-35(42(58)59)15-17-38(54)44-24-40(56)45-34(28(5)50)14-13-32(51)21-30(27(4)49)12-11-26(3)48/h6-10,25,30-31,34-36H,11-24,43H2,1-5H3,(H,44,54)(H,45,56)(H,46,55)(H,47,57)(H,58,59). The molecule has 1 aromatic carbocycles. The molecule has 5 atom stereocenters. The molecule has 5 unspecified atom stereocenters. The van der Waals surface area contributed by atoms with Crippen LogP contribution in [0.4, 0.5) is 0 Å². The van der Waals surface area contributed by atoms with Gasteiger partial charge in [-0.25, -0.2) is 4.79 Å². The Morgan fingerprint density at radius 3 is 1.80 bits per heavy atom. The molecule has 0 aromatic heterocycles. The lowest BCUT2D eigenvalue weighted by Crippen LogP contribution is -2.46. The first kappa shape index (κ1) is 51.6. The highest BCUT2D eigenvalue weighted by Crippen LogP contribution is 2.18. The van der Waals surface area contributed by atoms with E-state index in [0.717, 1.165) is 5.56 Å². The van der Waals surface area contributed by atoms with Crippen LogP contribution in [0.25, 0.3) is 0 Å². The Morgan fingerprint density at radius 2 is 1.24 bits per heavy atom. The number of nitrogens with one attached hydrogen (secondary N) is 4. The van der Waals surface area contributed by atoms with E-state index in [2.05, 4.69) is 21.3 Å². The molecule has 0 aliphatic carbocycles. The Morgan fingerprint density at radius 1 is 0.627 bits per heavy atom. The number of carbonyl (C=O) groups is 11. The second-order valence-corrected chi connectivity index (χ2v) is 15.3. The maximum absolute atomic E-state index is 13.4. The second-order valence-electron chi connectivity index (χ2n) is 15.3. The van der Waals surface area contributed by atoms with Crippen LogP contribution in [0.15, 0.2) is 30.3 Å². The fraction of sp³-hybridized carbons (Fsp3) is 0.595. The highest BCUT2D eigenvalue weighted by molar-refractivity contribution is 5.95. The summed E-state index contributed by atoms with van der Waals surface area (Å²) in [5, 5.41) is 19.5. The van der Waals surface area contributed by atoms with E-state index >= 15 is 0 Å². The van der Waals surface area contributed by atoms with Crippen molar-refractivity contribution in [3.05, 3.63) is 35.9 Å². The smallest absolute Gasteiger partial charge is 0.326 e. The zero-order valence-electron chi connectivity index (χ0n) is 34.8. The molecule has 17 nitrogen and oxygen atoms in total. The van der Waals surface area contributed by atoms with E-state index in [1.54, 1.807) is 12.1 Å². The Balaban J connectivity index is 2.69. The molecular formula is C42H61N5O12. The van der Waals surface area contributed by atoms with Crippen molar-refractivity contribution >= 4 is 64.3 Å². The molecule has 0 heterocycles. The van der Waals surface area contributed by atoms with Gasteiger partial charge in [0, 0.05) is 56.8 Å². The van der Waals surface area contributed by atoms with Crippen molar-refractivity contribution in [2.75, 3.05) is 13.1 Å². The van der Waals surface area contributed by atoms with Gasteiger partial charge in [-0.3, -0.25) is 43.2 Å². The molecule has 4 amide bonds. The molecule has 1 aromatic rings. The summed E-state index contributed by atoms with van der Waals surface area (Å²) in [4.78, 5) is 136. The maximum Gasteiger partial charge on any atom is 0.326 e. The first-order valence-electron chi connectivity index (χ1n) is 19.9. The lowest BCUT2D eigenvalue weighted by atomic mass is 9.90. The number of rotatable bonds is 31. The summed E-state index contributed by atoms with van der Waals surface area (Å²) >= 11 is 0. The van der Waals surface area contributed by atoms with Gasteiger partial charge in [0.25, 0.3) is 0 Å². The number of aliphatic carboxylic acids is 1. The van der Waals surface area contributed by atoms with E-state index in [4.69, 9.17) is 5.73 Å². The number of nitrogens with two attached hydrogens (primary N) is 1. The number of amides is 4. The molecule has 1 rings (SSSR count). The van der Waals surface area contributed by atoms with Crippen LogP contribution in [0.5, 0.6) is 0 Å². The largest absolute Gasteiger partial charge is 0.480 e. The number of hydrogen-bond donors (Lipinski definition) is 6. The van der Waals surface area contributed by atoms with Crippen molar-refractivity contribution in [2.45, 2.75) is 130 Å². The fourth-order valence-corrected chi connectivity index (χ4v) is 6.15. The van der Waals surface area contributed by atoms with E-state index in [9.17, 15) is 57.8 Å². The predicted octanol–water partition coefficient (Wildman–Crippen LogP) is 1.50. The van der Waals surface area contributed by atoms with Gasteiger partial charge in [0.2, 0.25) is 23.6 Å². The van der Waals surface area contributed by atoms with Crippen molar-refractivity contribution in [2.24, 2.45) is 23.5 Å². The summed E-state index contributed by atoms with van der Waals surface area (Å²) in [6, 6.07) is 5.53. The normalized spacial score (nSPS) is 13.5. The Labute approximate surface area is 345 Å². The van der Waals surface area contributed by atoms with Crippen molar-refractivity contribution in [1.82, 2.24) is 21.3 Å². The van der Waals surface area contributed by atoms with E-state index in [1.807, 2.05) is 32.0 Å². The zero-order chi connectivity index (χ0) is 44.7. The van der Waals surface area contributed by atoms with Crippen molar-refractivity contribution in [3.63, 3.8) is 0 Å². The van der Waals surface area contributed by atoms with Crippen LogP contribution in [0, 0.1) is 17.8 Å². The summed E-state index contributed by atoms with van der Waals surface area (Å²) in [6.45, 7) is 6.84. The summed E-state index contributed by atoms with van der Waals surface area (Å²) in [5.74, 6) is -7.50. The molecule has 0 aliphatic rings. The van der Waals surface area contributed by atoms with Gasteiger partial charge in [-0.05, 0) is 64.4 Å². The average molecular weight is 828 g/mol. The summed E-state index contributed by atoms with van der Waals surface area (Å²) in [7, 11) is 0. The number of carboxylic acids is 1. The Kier molecular flexibility index (Phi) is 23.8. The highest BCUT2D eigenvalue weighted by atomic mass is 16.4. The third kappa shape index (κ3) is 22.3. The lowest BCUT2D eigenvalue weighted by molar-refractivity contribution is -0.142. The highest BCUT2D eigenvalue weighted by Gasteiger charge is 2.29. The molecule has 0 saturated heterocycles. The third-order valence-corrected chi connectivity index (χ3v) is 9.58. The van der Waals surface area contributed by atoms with Gasteiger partial charge in [0.1, 0.15) is 29.2 Å². The topological polar surface area (TPSA) is 282 Å². The summed E-state index contributed by atoms with van der Waals surface area (Å²) in [6.07, 6.45) is -0.974. The number of Topliss-reactive ketones (excluding diaryl/α,β-unsaturated/α-hetero) is 6. The van der Waals surface area contributed by atoms with Crippen LogP contribution < -0.4 is 27.0 Å². The summed E-state index contributed by atoms with van der Waals surface area (Å²) < 4.78 is 0. The zero-order valence-corrected chi connectivity index (χ0v) is 34.8. The van der Waals surface area contributed by atoms with Crippen molar-refractivity contribution in [3.8, 4) is 0 Å². The number of carboxylic acid groups (broad SMARTS) is 1. The molecule has 0 radical (unpaired) electrons. The SMILES string of the molecule is CC(=O)CCC(CC(=O)CCC(NC(=O)CNC(=O)CCC(NC(=O)CCC(=O)C(CC(C)C)NC(=O)C(CC(=O)CN)Cc1ccccc1)C(=O)O)C(C)=O)C(C)=O. The van der Waals surface area contributed by atoms with Gasteiger partial charge in [0.15, 0.2) is 11.6 Å². The minimum atomic E-state index is -1.51. The van der Waals surface area contributed by atoms with Gasteiger partial charge in [-0.15, -0.1) is 0 Å².